The fourth-order valence-corrected chi connectivity index (χ4v) is 5.15. The predicted molar refractivity (Wildman–Crippen MR) is 76.0 cm³/mol. The van der Waals surface area contributed by atoms with E-state index in [4.69, 9.17) is 12.1 Å². The van der Waals surface area contributed by atoms with E-state index < -0.39 is 48.5 Å². The van der Waals surface area contributed by atoms with Gasteiger partial charge in [-0.2, -0.15) is 8.42 Å². The van der Waals surface area contributed by atoms with Crippen molar-refractivity contribution in [1.82, 2.24) is 0 Å². The molecular weight excluding hydrogens is 315 g/mol. The van der Waals surface area contributed by atoms with Gasteiger partial charge in [0.1, 0.15) is 0 Å². The molecule has 0 aromatic heterocycles. The molecule has 1 aliphatic rings. The Morgan fingerprint density at radius 1 is 1.33 bits per heavy atom. The van der Waals surface area contributed by atoms with Gasteiger partial charge < -0.3 is 7.58 Å². The van der Waals surface area contributed by atoms with Crippen LogP contribution < -0.4 is 0 Å². The third-order valence-corrected chi connectivity index (χ3v) is 6.70. The summed E-state index contributed by atoms with van der Waals surface area (Å²) in [6.45, 7) is 4.09. The monoisotopic (exact) mass is 336 g/mol. The minimum atomic E-state index is -4.66. The molecule has 1 N–H and O–H groups in total. The Morgan fingerprint density at radius 2 is 2.00 bits per heavy atom. The standard InChI is InChI=1S/C8H17.C4H6O7S.Al/c1-4-6-7-8(3)5-2;5-3(6)1-2(4(7)8)12(9,10)11;/h8H,3-7H2,1-2H3;2H,1H2,(H,5,6)(H,7,8)(H,9,10,11);/q;;+2/p-2. The maximum atomic E-state index is 11.7. The van der Waals surface area contributed by atoms with Crippen LogP contribution in [0.15, 0.2) is 0 Å². The van der Waals surface area contributed by atoms with Gasteiger partial charge in [0.05, 0.1) is 6.42 Å². The van der Waals surface area contributed by atoms with Crippen LogP contribution in [0, 0.1) is 5.92 Å². The Balaban J connectivity index is 2.74. The van der Waals surface area contributed by atoms with E-state index in [1.165, 1.54) is 0 Å². The molecule has 7 nitrogen and oxygen atoms in total. The number of rotatable bonds is 7. The number of unbranched alkanes of at least 4 members (excludes halogenated alkanes) is 1. The molecule has 0 bridgehead atoms. The molecule has 1 aliphatic heterocycles. The molecular formula is C12H21AlO7S. The molecule has 1 fully saturated rings. The van der Waals surface area contributed by atoms with Crippen molar-refractivity contribution in [2.24, 2.45) is 5.92 Å². The van der Waals surface area contributed by atoms with E-state index in [2.05, 4.69) is 6.92 Å². The highest BCUT2D eigenvalue weighted by atomic mass is 32.2. The topological polar surface area (TPSA) is 107 Å². The van der Waals surface area contributed by atoms with E-state index in [9.17, 15) is 18.0 Å². The molecule has 120 valence electrons. The predicted octanol–water partition coefficient (Wildman–Crippen LogP) is 1.44. The summed E-state index contributed by atoms with van der Waals surface area (Å²) in [6.07, 6.45) is 3.23. The Kier molecular flexibility index (Phi) is 7.14. The molecule has 1 rings (SSSR count). The van der Waals surface area contributed by atoms with Gasteiger partial charge in [-0.3, -0.25) is 14.1 Å². The van der Waals surface area contributed by atoms with Crippen molar-refractivity contribution in [3.63, 3.8) is 0 Å². The molecule has 0 aromatic carbocycles. The second-order valence-corrected chi connectivity index (χ2v) is 8.62. The van der Waals surface area contributed by atoms with Crippen LogP contribution in [-0.4, -0.2) is 45.0 Å². The summed E-state index contributed by atoms with van der Waals surface area (Å²) in [5, 5.41) is -1.38. The van der Waals surface area contributed by atoms with Gasteiger partial charge in [-0.1, -0.05) is 39.5 Å². The van der Waals surface area contributed by atoms with Crippen molar-refractivity contribution in [1.29, 1.82) is 0 Å². The van der Waals surface area contributed by atoms with Crippen molar-refractivity contribution >= 4 is 36.9 Å². The van der Waals surface area contributed by atoms with E-state index in [1.54, 1.807) is 0 Å². The minimum absolute atomic E-state index is 0.282. The Bertz CT molecular complexity index is 476. The first-order valence-electron chi connectivity index (χ1n) is 7.14. The van der Waals surface area contributed by atoms with Gasteiger partial charge >= 0.3 is 14.8 Å². The van der Waals surface area contributed by atoms with Crippen LogP contribution in [0.3, 0.4) is 0 Å². The SMILES string of the molecule is CCCCC(CC)[CH2][Al]1[O]C(=O)CC(S(=O)(=O)O)C(=O)[O]1. The zero-order valence-corrected chi connectivity index (χ0v) is 14.3. The second kappa shape index (κ2) is 8.13. The highest BCUT2D eigenvalue weighted by molar-refractivity contribution is 7.87. The molecule has 2 atom stereocenters. The van der Waals surface area contributed by atoms with E-state index >= 15 is 0 Å². The fraction of sp³-hybridized carbons (Fsp3) is 0.833. The molecule has 0 aromatic rings. The largest absolute Gasteiger partial charge is 0.861 e. The zero-order valence-electron chi connectivity index (χ0n) is 12.3. The van der Waals surface area contributed by atoms with E-state index in [-0.39, 0.29) is 5.92 Å². The Morgan fingerprint density at radius 3 is 2.52 bits per heavy atom. The molecule has 0 aliphatic carbocycles. The Hall–Kier alpha value is -0.618. The fourth-order valence-electron chi connectivity index (χ4n) is 2.24. The van der Waals surface area contributed by atoms with Crippen LogP contribution in [-0.2, 0) is 27.3 Å². The van der Waals surface area contributed by atoms with E-state index in [1.807, 2.05) is 6.92 Å². The quantitative estimate of drug-likeness (QED) is 0.553. The summed E-state index contributed by atoms with van der Waals surface area (Å²) in [5.41, 5.74) is 0. The van der Waals surface area contributed by atoms with Gasteiger partial charge in [-0.15, -0.1) is 0 Å². The maximum Gasteiger partial charge on any atom is 0.861 e. The highest BCUT2D eigenvalue weighted by Gasteiger charge is 2.47. The van der Waals surface area contributed by atoms with Crippen molar-refractivity contribution in [3.05, 3.63) is 0 Å². The molecule has 0 spiro atoms. The van der Waals surface area contributed by atoms with Crippen LogP contribution in [0.25, 0.3) is 0 Å². The van der Waals surface area contributed by atoms with Crippen LogP contribution in [0.1, 0.15) is 46.0 Å². The van der Waals surface area contributed by atoms with Crippen molar-refractivity contribution in [2.75, 3.05) is 0 Å². The first-order chi connectivity index (χ1) is 9.77. The molecule has 1 saturated heterocycles. The van der Waals surface area contributed by atoms with Crippen molar-refractivity contribution in [3.8, 4) is 0 Å². The summed E-state index contributed by atoms with van der Waals surface area (Å²) in [6, 6.07) is 0. The third-order valence-electron chi connectivity index (χ3n) is 3.55. The number of carbonyl (C=O) groups is 2. The first-order valence-corrected chi connectivity index (χ1v) is 10.4. The summed E-state index contributed by atoms with van der Waals surface area (Å²) < 4.78 is 41.3. The summed E-state index contributed by atoms with van der Waals surface area (Å²) in [4.78, 5) is 23.3. The minimum Gasteiger partial charge on any atom is -0.585 e. The van der Waals surface area contributed by atoms with Crippen LogP contribution in [0.2, 0.25) is 5.28 Å². The summed E-state index contributed by atoms with van der Waals surface area (Å²) in [5.74, 6) is -1.60. The average Bonchev–Trinajstić information content (AvgIpc) is 2.52. The van der Waals surface area contributed by atoms with Crippen molar-refractivity contribution in [2.45, 2.75) is 56.5 Å². The molecule has 0 saturated carbocycles. The van der Waals surface area contributed by atoms with Gasteiger partial charge in [0.2, 0.25) is 0 Å². The average molecular weight is 336 g/mol. The Labute approximate surface area is 129 Å². The number of hydrogen-bond acceptors (Lipinski definition) is 6. The first kappa shape index (κ1) is 18.4. The lowest BCUT2D eigenvalue weighted by Crippen LogP contribution is -2.34. The maximum absolute atomic E-state index is 11.7. The van der Waals surface area contributed by atoms with Crippen LogP contribution in [0.4, 0.5) is 0 Å². The molecule has 0 amide bonds. The molecule has 9 heteroatoms. The lowest BCUT2D eigenvalue weighted by atomic mass is 10.0. The molecule has 0 radical (unpaired) electrons. The lowest BCUT2D eigenvalue weighted by molar-refractivity contribution is -0.135. The van der Waals surface area contributed by atoms with Crippen LogP contribution in [0.5, 0.6) is 0 Å². The van der Waals surface area contributed by atoms with Gasteiger partial charge in [0.25, 0.3) is 22.1 Å². The summed E-state index contributed by atoms with van der Waals surface area (Å²) in [7, 11) is -4.66. The molecule has 2 unspecified atom stereocenters. The lowest BCUT2D eigenvalue weighted by Gasteiger charge is -2.16. The van der Waals surface area contributed by atoms with E-state index in [0.29, 0.717) is 5.28 Å². The summed E-state index contributed by atoms with van der Waals surface area (Å²) >= 11 is -2.59. The number of carbonyl (C=O) groups excluding carboxylic acids is 2. The van der Waals surface area contributed by atoms with Gasteiger partial charge in [0, 0.05) is 0 Å². The molecule has 1 heterocycles. The third kappa shape index (κ3) is 5.95. The second-order valence-electron chi connectivity index (χ2n) is 5.22. The van der Waals surface area contributed by atoms with Crippen LogP contribution >= 0.6 is 0 Å². The van der Waals surface area contributed by atoms with Gasteiger partial charge in [-0.05, 0) is 11.2 Å². The molecule has 21 heavy (non-hydrogen) atoms. The number of hydrogen-bond donors (Lipinski definition) is 1. The normalized spacial score (nSPS) is 21.5. The highest BCUT2D eigenvalue weighted by Crippen LogP contribution is 2.23. The van der Waals surface area contributed by atoms with Crippen molar-refractivity contribution < 1.29 is 30.1 Å². The van der Waals surface area contributed by atoms with Gasteiger partial charge in [-0.25, -0.2) is 0 Å². The zero-order chi connectivity index (χ0) is 16.0. The smallest absolute Gasteiger partial charge is 0.585 e. The van der Waals surface area contributed by atoms with E-state index in [0.717, 1.165) is 25.7 Å². The van der Waals surface area contributed by atoms with Gasteiger partial charge in [0.15, 0.2) is 5.25 Å².